The summed E-state index contributed by atoms with van der Waals surface area (Å²) in [5, 5.41) is 0. The Labute approximate surface area is 122 Å². The molecule has 0 aliphatic carbocycles. The lowest BCUT2D eigenvalue weighted by Gasteiger charge is -2.46. The van der Waals surface area contributed by atoms with Gasteiger partial charge in [-0.2, -0.15) is 0 Å². The minimum absolute atomic E-state index is 0.174. The Morgan fingerprint density at radius 3 is 1.20 bits per heavy atom. The van der Waals surface area contributed by atoms with Gasteiger partial charge in [-0.3, -0.25) is 9.59 Å². The van der Waals surface area contributed by atoms with E-state index in [2.05, 4.69) is 14.1 Å². The summed E-state index contributed by atoms with van der Waals surface area (Å²) in [4.78, 5) is 27.1. The SMILES string of the molecule is CN(C)C(=O)C[N+]1(C)CC[N+](C)(CC(=O)N(C)C)CC1. The fourth-order valence-corrected chi connectivity index (χ4v) is 2.44. The highest BCUT2D eigenvalue weighted by atomic mass is 16.2. The van der Waals surface area contributed by atoms with Crippen LogP contribution >= 0.6 is 0 Å². The van der Waals surface area contributed by atoms with E-state index in [-0.39, 0.29) is 11.8 Å². The summed E-state index contributed by atoms with van der Waals surface area (Å²) in [6, 6.07) is 0. The first-order chi connectivity index (χ1) is 9.07. The maximum Gasteiger partial charge on any atom is 0.277 e. The van der Waals surface area contributed by atoms with Crippen LogP contribution in [0.5, 0.6) is 0 Å². The molecule has 1 heterocycles. The van der Waals surface area contributed by atoms with Crippen molar-refractivity contribution in [2.75, 3.05) is 81.6 Å². The van der Waals surface area contributed by atoms with Crippen LogP contribution in [0.2, 0.25) is 0 Å². The largest absolute Gasteiger partial charge is 0.344 e. The second-order valence-electron chi connectivity index (χ2n) is 7.03. The number of rotatable bonds is 4. The molecule has 0 unspecified atom stereocenters. The number of carbonyl (C=O) groups excluding carboxylic acids is 2. The average Bonchev–Trinajstić information content (AvgIpc) is 2.33. The monoisotopic (exact) mass is 286 g/mol. The summed E-state index contributed by atoms with van der Waals surface area (Å²) < 4.78 is 1.56. The van der Waals surface area contributed by atoms with Gasteiger partial charge in [-0.1, -0.05) is 0 Å². The molecule has 0 saturated carbocycles. The van der Waals surface area contributed by atoms with Crippen LogP contribution in [0.15, 0.2) is 0 Å². The topological polar surface area (TPSA) is 40.6 Å². The molecule has 0 N–H and O–H groups in total. The van der Waals surface area contributed by atoms with E-state index >= 15 is 0 Å². The van der Waals surface area contributed by atoms with Gasteiger partial charge in [-0.05, 0) is 0 Å². The van der Waals surface area contributed by atoms with Crippen LogP contribution in [0.1, 0.15) is 0 Å². The lowest BCUT2D eigenvalue weighted by atomic mass is 10.2. The van der Waals surface area contributed by atoms with Crippen molar-refractivity contribution in [1.29, 1.82) is 0 Å². The summed E-state index contributed by atoms with van der Waals surface area (Å²) in [6.07, 6.45) is 0. The number of piperazine rings is 1. The molecule has 0 spiro atoms. The third-order valence-electron chi connectivity index (χ3n) is 4.39. The van der Waals surface area contributed by atoms with Gasteiger partial charge in [0.2, 0.25) is 0 Å². The minimum Gasteiger partial charge on any atom is -0.344 e. The number of likely N-dealkylation sites (N-methyl/N-ethyl adjacent to an activating group) is 4. The zero-order valence-corrected chi connectivity index (χ0v) is 13.8. The molecule has 1 rings (SSSR count). The van der Waals surface area contributed by atoms with Gasteiger partial charge in [-0.15, -0.1) is 0 Å². The van der Waals surface area contributed by atoms with Crippen molar-refractivity contribution in [3.05, 3.63) is 0 Å². The predicted octanol–water partition coefficient (Wildman–Crippen LogP) is -0.930. The van der Waals surface area contributed by atoms with Crippen LogP contribution in [-0.2, 0) is 9.59 Å². The molecule has 0 aromatic heterocycles. The van der Waals surface area contributed by atoms with Crippen LogP contribution in [0.25, 0.3) is 0 Å². The van der Waals surface area contributed by atoms with Gasteiger partial charge >= 0.3 is 0 Å². The molecule has 6 heteroatoms. The molecule has 0 aromatic carbocycles. The Kier molecular flexibility index (Phi) is 5.15. The van der Waals surface area contributed by atoms with Crippen molar-refractivity contribution in [3.8, 4) is 0 Å². The quantitative estimate of drug-likeness (QED) is 0.627. The van der Waals surface area contributed by atoms with Gasteiger partial charge in [0, 0.05) is 28.2 Å². The van der Waals surface area contributed by atoms with Crippen LogP contribution < -0.4 is 0 Å². The van der Waals surface area contributed by atoms with E-state index in [9.17, 15) is 9.59 Å². The predicted molar refractivity (Wildman–Crippen MR) is 79.0 cm³/mol. The molecular weight excluding hydrogens is 256 g/mol. The molecule has 1 fully saturated rings. The van der Waals surface area contributed by atoms with Gasteiger partial charge in [0.15, 0.2) is 13.1 Å². The number of hydrogen-bond acceptors (Lipinski definition) is 2. The molecule has 0 aromatic rings. The first kappa shape index (κ1) is 16.9. The number of amides is 2. The normalized spacial score (nSPS) is 29.9. The van der Waals surface area contributed by atoms with Crippen molar-refractivity contribution in [2.24, 2.45) is 0 Å². The van der Waals surface area contributed by atoms with Crippen LogP contribution in [0.4, 0.5) is 0 Å². The molecule has 6 nitrogen and oxygen atoms in total. The highest BCUT2D eigenvalue weighted by Gasteiger charge is 2.39. The van der Waals surface area contributed by atoms with Crippen LogP contribution in [0.3, 0.4) is 0 Å². The molecule has 0 atom stereocenters. The third-order valence-corrected chi connectivity index (χ3v) is 4.39. The Hall–Kier alpha value is -1.14. The molecule has 0 radical (unpaired) electrons. The number of nitrogens with zero attached hydrogens (tertiary/aromatic N) is 4. The summed E-state index contributed by atoms with van der Waals surface area (Å²) in [5.41, 5.74) is 0. The molecule has 20 heavy (non-hydrogen) atoms. The van der Waals surface area contributed by atoms with Crippen molar-refractivity contribution in [1.82, 2.24) is 9.80 Å². The molecule has 1 aliphatic heterocycles. The second-order valence-corrected chi connectivity index (χ2v) is 7.03. The van der Waals surface area contributed by atoms with Crippen molar-refractivity contribution in [3.63, 3.8) is 0 Å². The zero-order chi connectivity index (χ0) is 15.6. The van der Waals surface area contributed by atoms with E-state index in [1.807, 2.05) is 0 Å². The first-order valence-electron chi connectivity index (χ1n) is 7.14. The van der Waals surface area contributed by atoms with E-state index in [1.54, 1.807) is 38.0 Å². The van der Waals surface area contributed by atoms with E-state index < -0.39 is 0 Å². The molecule has 1 saturated heterocycles. The summed E-state index contributed by atoms with van der Waals surface area (Å²) in [7, 11) is 11.5. The van der Waals surface area contributed by atoms with Crippen molar-refractivity contribution in [2.45, 2.75) is 0 Å². The molecule has 116 valence electrons. The summed E-state index contributed by atoms with van der Waals surface area (Å²) in [5.74, 6) is 0.348. The van der Waals surface area contributed by atoms with E-state index in [0.717, 1.165) is 35.1 Å². The van der Waals surface area contributed by atoms with Gasteiger partial charge in [-0.25, -0.2) is 0 Å². The number of quaternary nitrogens is 2. The standard InChI is InChI=1S/C14H30N4O2/c1-15(2)13(19)11-17(5)7-9-18(6,10-8-17)12-14(20)16(3)4/h7-12H2,1-6H3/q+2. The Bertz CT molecular complexity index is 335. The Morgan fingerprint density at radius 1 is 0.750 bits per heavy atom. The summed E-state index contributed by atoms with van der Waals surface area (Å²) in [6.45, 7) is 4.87. The maximum absolute atomic E-state index is 11.9. The molecule has 1 aliphatic rings. The van der Waals surface area contributed by atoms with Crippen molar-refractivity contribution < 1.29 is 18.6 Å². The highest BCUT2D eigenvalue weighted by Crippen LogP contribution is 2.16. The first-order valence-corrected chi connectivity index (χ1v) is 7.14. The fraction of sp³-hybridized carbons (Fsp3) is 0.857. The molecular formula is C14H30N4O2+2. The molecule has 0 bridgehead atoms. The van der Waals surface area contributed by atoms with Gasteiger partial charge in [0.05, 0.1) is 14.1 Å². The van der Waals surface area contributed by atoms with E-state index in [1.165, 1.54) is 0 Å². The Morgan fingerprint density at radius 2 is 1.00 bits per heavy atom. The van der Waals surface area contributed by atoms with Gasteiger partial charge in [0.25, 0.3) is 11.8 Å². The maximum atomic E-state index is 11.9. The average molecular weight is 286 g/mol. The fourth-order valence-electron chi connectivity index (χ4n) is 2.44. The zero-order valence-electron chi connectivity index (χ0n) is 13.8. The lowest BCUT2D eigenvalue weighted by molar-refractivity contribution is -1.01. The molecule has 2 amide bonds. The van der Waals surface area contributed by atoms with Gasteiger partial charge in [0.1, 0.15) is 26.2 Å². The second kappa shape index (κ2) is 6.10. The van der Waals surface area contributed by atoms with Crippen LogP contribution in [-0.4, -0.2) is 112 Å². The lowest BCUT2D eigenvalue weighted by Crippen LogP contribution is -2.66. The third kappa shape index (κ3) is 4.45. The number of carbonyl (C=O) groups is 2. The van der Waals surface area contributed by atoms with Gasteiger partial charge < -0.3 is 18.8 Å². The Balaban J connectivity index is 2.57. The van der Waals surface area contributed by atoms with Crippen molar-refractivity contribution >= 4 is 11.8 Å². The summed E-state index contributed by atoms with van der Waals surface area (Å²) >= 11 is 0. The van der Waals surface area contributed by atoms with E-state index in [4.69, 9.17) is 0 Å². The van der Waals surface area contributed by atoms with Crippen LogP contribution in [0, 0.1) is 0 Å². The highest BCUT2D eigenvalue weighted by molar-refractivity contribution is 5.77. The number of hydrogen-bond donors (Lipinski definition) is 0. The minimum atomic E-state index is 0.174. The smallest absolute Gasteiger partial charge is 0.277 e. The van der Waals surface area contributed by atoms with E-state index in [0.29, 0.717) is 13.1 Å².